The van der Waals surface area contributed by atoms with E-state index >= 15 is 0 Å². The number of amides is 1. The molecule has 0 bridgehead atoms. The van der Waals surface area contributed by atoms with Gasteiger partial charge in [0.15, 0.2) is 0 Å². The van der Waals surface area contributed by atoms with Gasteiger partial charge in [0.25, 0.3) is 5.91 Å². The number of halogens is 1. The van der Waals surface area contributed by atoms with Gasteiger partial charge in [0.2, 0.25) is 0 Å². The Hall–Kier alpha value is -3.17. The van der Waals surface area contributed by atoms with Gasteiger partial charge in [-0.3, -0.25) is 14.5 Å². The molecule has 0 aliphatic carbocycles. The van der Waals surface area contributed by atoms with Crippen LogP contribution in [0.3, 0.4) is 0 Å². The predicted molar refractivity (Wildman–Crippen MR) is 108 cm³/mol. The van der Waals surface area contributed by atoms with E-state index in [1.807, 2.05) is 30.7 Å². The lowest BCUT2D eigenvalue weighted by Crippen LogP contribution is -2.21. The van der Waals surface area contributed by atoms with E-state index in [2.05, 4.69) is 16.2 Å². The molecule has 2 aromatic heterocycles. The summed E-state index contributed by atoms with van der Waals surface area (Å²) in [6.45, 7) is 4.43. The molecule has 3 rings (SSSR count). The summed E-state index contributed by atoms with van der Waals surface area (Å²) < 4.78 is 1.88. The minimum absolute atomic E-state index is 0.0786. The highest BCUT2D eigenvalue weighted by Gasteiger charge is 2.16. The molecule has 0 aliphatic heterocycles. The van der Waals surface area contributed by atoms with Gasteiger partial charge < -0.3 is 4.90 Å². The van der Waals surface area contributed by atoms with Crippen LogP contribution in [-0.2, 0) is 6.54 Å². The van der Waals surface area contributed by atoms with Crippen LogP contribution < -0.4 is 0 Å². The second-order valence-corrected chi connectivity index (χ2v) is 7.15. The highest BCUT2D eigenvalue weighted by atomic mass is 35.5. The molecule has 2 heterocycles. The van der Waals surface area contributed by atoms with Crippen LogP contribution in [0.5, 0.6) is 0 Å². The van der Waals surface area contributed by atoms with Gasteiger partial charge in [0.05, 0.1) is 34.1 Å². The molecule has 0 atom stereocenters. The maximum atomic E-state index is 12.0. The van der Waals surface area contributed by atoms with E-state index in [0.29, 0.717) is 22.7 Å². The highest BCUT2D eigenvalue weighted by Crippen LogP contribution is 2.30. The third-order valence-corrected chi connectivity index (χ3v) is 4.86. The predicted octanol–water partition coefficient (Wildman–Crippen LogP) is 3.84. The Morgan fingerprint density at radius 1 is 1.25 bits per heavy atom. The fraction of sp³-hybridized carbons (Fsp3) is 0.238. The number of rotatable bonds is 4. The maximum absolute atomic E-state index is 12.0. The zero-order chi connectivity index (χ0) is 20.4. The van der Waals surface area contributed by atoms with Crippen molar-refractivity contribution in [1.82, 2.24) is 19.7 Å². The van der Waals surface area contributed by atoms with E-state index in [1.54, 1.807) is 38.5 Å². The fourth-order valence-electron chi connectivity index (χ4n) is 3.09. The van der Waals surface area contributed by atoms with Gasteiger partial charge >= 0.3 is 0 Å². The number of hydrogen-bond acceptors (Lipinski definition) is 4. The quantitative estimate of drug-likeness (QED) is 0.675. The largest absolute Gasteiger partial charge is 0.345 e. The van der Waals surface area contributed by atoms with Crippen molar-refractivity contribution in [2.75, 3.05) is 14.1 Å². The monoisotopic (exact) mass is 393 g/mol. The first kappa shape index (κ1) is 19.6. The van der Waals surface area contributed by atoms with Crippen LogP contribution in [0.4, 0.5) is 0 Å². The van der Waals surface area contributed by atoms with Crippen LogP contribution in [0.25, 0.3) is 11.1 Å². The van der Waals surface area contributed by atoms with Crippen LogP contribution in [0.2, 0.25) is 5.02 Å². The van der Waals surface area contributed by atoms with Gasteiger partial charge in [0, 0.05) is 31.5 Å². The molecule has 3 aromatic rings. The first-order valence-electron chi connectivity index (χ1n) is 8.72. The number of nitrogens with zero attached hydrogens (tertiary/aromatic N) is 5. The molecule has 7 heteroatoms. The molecule has 0 saturated heterocycles. The van der Waals surface area contributed by atoms with Crippen LogP contribution in [0.1, 0.15) is 33.0 Å². The summed E-state index contributed by atoms with van der Waals surface area (Å²) in [5.74, 6) is -0.0786. The Bertz CT molecular complexity index is 1080. The Labute approximate surface area is 169 Å². The molecule has 0 radical (unpaired) electrons. The number of nitriles is 1. The number of carbonyl (C=O) groups is 1. The maximum Gasteiger partial charge on any atom is 0.254 e. The summed E-state index contributed by atoms with van der Waals surface area (Å²) in [4.78, 5) is 17.9. The molecule has 0 fully saturated rings. The summed E-state index contributed by atoms with van der Waals surface area (Å²) in [5.41, 5.74) is 5.58. The number of aryl methyl sites for hydroxylation is 1. The van der Waals surface area contributed by atoms with Crippen LogP contribution in [0.15, 0.2) is 36.5 Å². The Morgan fingerprint density at radius 2 is 2.00 bits per heavy atom. The minimum Gasteiger partial charge on any atom is -0.345 e. The summed E-state index contributed by atoms with van der Waals surface area (Å²) >= 11 is 6.19. The second kappa shape index (κ2) is 7.83. The Balaban J connectivity index is 1.89. The molecule has 1 amide bonds. The molecule has 1 aromatic carbocycles. The van der Waals surface area contributed by atoms with Crippen molar-refractivity contribution in [2.24, 2.45) is 0 Å². The Kier molecular flexibility index (Phi) is 5.48. The standard InChI is InChI=1S/C21H20ClN5O/c1-13-20(15-5-6-16(10-23)19(22)9-15)14(2)27(25-13)12-18-8-7-17(11-24-18)21(28)26(3)4/h5-9,11H,12H2,1-4H3. The topological polar surface area (TPSA) is 74.8 Å². The summed E-state index contributed by atoms with van der Waals surface area (Å²) in [6, 6.07) is 11.1. The van der Waals surface area contributed by atoms with E-state index in [9.17, 15) is 4.79 Å². The van der Waals surface area contributed by atoms with Gasteiger partial charge in [-0.1, -0.05) is 17.7 Å². The molecule has 28 heavy (non-hydrogen) atoms. The van der Waals surface area contributed by atoms with Crippen molar-refractivity contribution in [2.45, 2.75) is 20.4 Å². The third kappa shape index (κ3) is 3.75. The summed E-state index contributed by atoms with van der Waals surface area (Å²) in [5, 5.41) is 14.1. The fourth-order valence-corrected chi connectivity index (χ4v) is 3.31. The molecular weight excluding hydrogens is 374 g/mol. The van der Waals surface area contributed by atoms with Crippen molar-refractivity contribution in [3.8, 4) is 17.2 Å². The van der Waals surface area contributed by atoms with Crippen molar-refractivity contribution in [3.63, 3.8) is 0 Å². The van der Waals surface area contributed by atoms with E-state index in [-0.39, 0.29) is 5.91 Å². The van der Waals surface area contributed by atoms with Gasteiger partial charge in [-0.2, -0.15) is 10.4 Å². The zero-order valence-corrected chi connectivity index (χ0v) is 16.9. The molecule has 142 valence electrons. The molecule has 0 spiro atoms. The average molecular weight is 394 g/mol. The van der Waals surface area contributed by atoms with Gasteiger partial charge in [0.1, 0.15) is 6.07 Å². The molecule has 0 N–H and O–H groups in total. The number of benzene rings is 1. The number of carbonyl (C=O) groups excluding carboxylic acids is 1. The molecular formula is C21H20ClN5O. The van der Waals surface area contributed by atoms with Gasteiger partial charge in [-0.05, 0) is 43.7 Å². The van der Waals surface area contributed by atoms with Crippen molar-refractivity contribution >= 4 is 17.5 Å². The SMILES string of the molecule is Cc1nn(Cc2ccc(C(=O)N(C)C)cn2)c(C)c1-c1ccc(C#N)c(Cl)c1. The molecule has 6 nitrogen and oxygen atoms in total. The molecule has 0 saturated carbocycles. The summed E-state index contributed by atoms with van der Waals surface area (Å²) in [6.07, 6.45) is 1.59. The van der Waals surface area contributed by atoms with Gasteiger partial charge in [-0.25, -0.2) is 0 Å². The lowest BCUT2D eigenvalue weighted by Gasteiger charge is -2.10. The first-order valence-corrected chi connectivity index (χ1v) is 9.10. The van der Waals surface area contributed by atoms with Crippen LogP contribution in [0, 0.1) is 25.2 Å². The third-order valence-electron chi connectivity index (χ3n) is 4.55. The van der Waals surface area contributed by atoms with Crippen LogP contribution in [-0.4, -0.2) is 39.7 Å². The first-order chi connectivity index (χ1) is 13.3. The summed E-state index contributed by atoms with van der Waals surface area (Å²) in [7, 11) is 3.42. The minimum atomic E-state index is -0.0786. The average Bonchev–Trinajstić information content (AvgIpc) is 2.95. The number of aromatic nitrogens is 3. The van der Waals surface area contributed by atoms with E-state index in [1.165, 1.54) is 4.90 Å². The lowest BCUT2D eigenvalue weighted by atomic mass is 10.0. The number of pyridine rings is 1. The van der Waals surface area contributed by atoms with Crippen molar-refractivity contribution in [3.05, 3.63) is 69.8 Å². The van der Waals surface area contributed by atoms with Gasteiger partial charge in [-0.15, -0.1) is 0 Å². The zero-order valence-electron chi connectivity index (χ0n) is 16.2. The lowest BCUT2D eigenvalue weighted by molar-refractivity contribution is 0.0827. The Morgan fingerprint density at radius 3 is 2.57 bits per heavy atom. The van der Waals surface area contributed by atoms with Crippen molar-refractivity contribution < 1.29 is 4.79 Å². The highest BCUT2D eigenvalue weighted by molar-refractivity contribution is 6.32. The van der Waals surface area contributed by atoms with Crippen LogP contribution >= 0.6 is 11.6 Å². The smallest absolute Gasteiger partial charge is 0.254 e. The van der Waals surface area contributed by atoms with E-state index < -0.39 is 0 Å². The molecule has 0 unspecified atom stereocenters. The van der Waals surface area contributed by atoms with E-state index in [0.717, 1.165) is 28.2 Å². The number of hydrogen-bond donors (Lipinski definition) is 0. The second-order valence-electron chi connectivity index (χ2n) is 6.75. The molecule has 0 aliphatic rings. The normalized spacial score (nSPS) is 10.6. The van der Waals surface area contributed by atoms with Crippen molar-refractivity contribution in [1.29, 1.82) is 5.26 Å². The van der Waals surface area contributed by atoms with E-state index in [4.69, 9.17) is 16.9 Å².